The van der Waals surface area contributed by atoms with Gasteiger partial charge in [-0.05, 0) is 131 Å². The molecule has 2 heterocycles. The Balaban J connectivity index is 1.15. The normalized spacial score (nSPS) is 19.5. The van der Waals surface area contributed by atoms with Crippen molar-refractivity contribution >= 4 is 41.7 Å². The highest BCUT2D eigenvalue weighted by Crippen LogP contribution is 2.35. The first kappa shape index (κ1) is 60.3. The molecule has 0 radical (unpaired) electrons. The summed E-state index contributed by atoms with van der Waals surface area (Å²) in [4.78, 5) is 105. The number of likely N-dealkylation sites (tertiary alicyclic amines) is 1. The van der Waals surface area contributed by atoms with Crippen LogP contribution in [0.3, 0.4) is 0 Å². The molecular weight excluding hydrogens is 1020 g/mol. The van der Waals surface area contributed by atoms with Gasteiger partial charge in [0.05, 0.1) is 12.1 Å². The van der Waals surface area contributed by atoms with Crippen LogP contribution in [0, 0.1) is 16.6 Å². The molecule has 1 saturated heterocycles. The van der Waals surface area contributed by atoms with Crippen LogP contribution in [0.4, 0.5) is 14.0 Å². The molecule has 7 unspecified atom stereocenters. The van der Waals surface area contributed by atoms with E-state index in [-0.39, 0.29) is 55.6 Å². The molecule has 7 amide bonds. The number of benzene rings is 4. The van der Waals surface area contributed by atoms with Crippen molar-refractivity contribution in [2.45, 2.75) is 189 Å². The minimum Gasteiger partial charge on any atom is -0.444 e. The number of hydrogen-bond donors (Lipinski definition) is 4. The van der Waals surface area contributed by atoms with Gasteiger partial charge in [-0.2, -0.15) is 0 Å². The van der Waals surface area contributed by atoms with Crippen LogP contribution in [-0.2, 0) is 54.6 Å². The fraction of sp³-hybridized carbons (Fsp3) is 0.508. The van der Waals surface area contributed by atoms with Crippen LogP contribution in [0.15, 0.2) is 97.1 Å². The SMILES string of the molecule is CC(c1ccccc1F)N(Cc1ccc(C(=O)NC2CC(C(=O)NC3CCCc4ccccc43)N(C(=O)C(NC(=O)OC(C)(C)C)C(C)(C)C)C2)cc1)C(=O)C1Cc2ccccc2CN1C(=O)C(NC(=O)OC(C)(C)C)C(C)(C)C. The zero-order valence-electron chi connectivity index (χ0n) is 48.8. The Kier molecular flexibility index (Phi) is 18.3. The molecule has 430 valence electrons. The highest BCUT2D eigenvalue weighted by atomic mass is 19.1. The van der Waals surface area contributed by atoms with Gasteiger partial charge in [-0.15, -0.1) is 0 Å². The lowest BCUT2D eigenvalue weighted by atomic mass is 9.84. The Bertz CT molecular complexity index is 2940. The van der Waals surface area contributed by atoms with E-state index in [2.05, 4.69) is 27.3 Å². The summed E-state index contributed by atoms with van der Waals surface area (Å²) in [7, 11) is 0. The number of hydrogen-bond acceptors (Lipinski definition) is 9. The zero-order chi connectivity index (χ0) is 58.6. The van der Waals surface area contributed by atoms with E-state index < -0.39 is 99.9 Å². The first-order chi connectivity index (χ1) is 37.4. The number of nitrogens with zero attached hydrogens (tertiary/aromatic N) is 3. The highest BCUT2D eigenvalue weighted by molar-refractivity contribution is 5.96. The van der Waals surface area contributed by atoms with Gasteiger partial charge >= 0.3 is 12.2 Å². The molecule has 7 atom stereocenters. The number of carbonyl (C=O) groups excluding carboxylic acids is 7. The summed E-state index contributed by atoms with van der Waals surface area (Å²) < 4.78 is 26.9. The number of halogens is 1. The molecular formula is C63H82FN7O9. The Labute approximate surface area is 471 Å². The first-order valence-electron chi connectivity index (χ1n) is 27.9. The maximum Gasteiger partial charge on any atom is 0.408 e. The maximum absolute atomic E-state index is 15.8. The lowest BCUT2D eigenvalue weighted by Crippen LogP contribution is -2.61. The molecule has 4 N–H and O–H groups in total. The standard InChI is InChI=1S/C63H82FN7O9/c1-38(45-25-18-19-27-47(45)64)69(55(74)50-33-42-22-14-15-23-43(42)36-70(50)56(75)51(60(2,3)4)67-58(77)79-62(8,9)10)35-39-29-31-41(32-30-39)53(72)65-44-34-49(54(73)66-48-28-20-24-40-21-16-17-26-46(40)48)71(37-44)57(76)52(61(5,6)7)68-59(78)80-63(11,12)13/h14-19,21-23,25-27,29-32,38,44,48-52H,20,24,28,33-37H2,1-13H3,(H,65,72)(H,66,73)(H,67,77)(H,68,78). The van der Waals surface area contributed by atoms with Crippen LogP contribution in [0.1, 0.15) is 165 Å². The predicted molar refractivity (Wildman–Crippen MR) is 303 cm³/mol. The largest absolute Gasteiger partial charge is 0.444 e. The molecule has 7 rings (SSSR count). The van der Waals surface area contributed by atoms with Crippen molar-refractivity contribution in [2.24, 2.45) is 10.8 Å². The van der Waals surface area contributed by atoms with Crippen LogP contribution < -0.4 is 21.3 Å². The molecule has 0 saturated carbocycles. The van der Waals surface area contributed by atoms with E-state index in [9.17, 15) is 28.8 Å². The van der Waals surface area contributed by atoms with Crippen LogP contribution >= 0.6 is 0 Å². The minimum absolute atomic E-state index is 0.0195. The van der Waals surface area contributed by atoms with Crippen molar-refractivity contribution in [3.05, 3.63) is 142 Å². The van der Waals surface area contributed by atoms with Gasteiger partial charge in [-0.1, -0.05) is 120 Å². The number of rotatable bonds is 13. The molecule has 0 aromatic heterocycles. The van der Waals surface area contributed by atoms with Gasteiger partial charge in [-0.3, -0.25) is 24.0 Å². The van der Waals surface area contributed by atoms with E-state index in [4.69, 9.17) is 9.47 Å². The van der Waals surface area contributed by atoms with Gasteiger partial charge in [0.1, 0.15) is 41.2 Å². The molecule has 16 nitrogen and oxygen atoms in total. The maximum atomic E-state index is 15.8. The predicted octanol–water partition coefficient (Wildman–Crippen LogP) is 9.64. The minimum atomic E-state index is -1.09. The third-order valence-corrected chi connectivity index (χ3v) is 14.9. The van der Waals surface area contributed by atoms with Gasteiger partial charge in [0, 0.05) is 43.2 Å². The highest BCUT2D eigenvalue weighted by Gasteiger charge is 2.47. The summed E-state index contributed by atoms with van der Waals surface area (Å²) in [6.07, 6.45) is 1.20. The van der Waals surface area contributed by atoms with Gasteiger partial charge in [0.25, 0.3) is 5.91 Å². The fourth-order valence-corrected chi connectivity index (χ4v) is 10.9. The number of fused-ring (bicyclic) bond motifs is 2. The van der Waals surface area contributed by atoms with Crippen molar-refractivity contribution in [2.75, 3.05) is 6.54 Å². The van der Waals surface area contributed by atoms with E-state index in [1.807, 2.05) is 84.0 Å². The Hall–Kier alpha value is -7.30. The van der Waals surface area contributed by atoms with Crippen LogP contribution in [-0.4, -0.2) is 104 Å². The van der Waals surface area contributed by atoms with Gasteiger partial charge < -0.3 is 45.4 Å². The second kappa shape index (κ2) is 24.2. The van der Waals surface area contributed by atoms with Crippen molar-refractivity contribution in [1.82, 2.24) is 36.0 Å². The van der Waals surface area contributed by atoms with Gasteiger partial charge in [0.2, 0.25) is 23.6 Å². The quantitative estimate of drug-likeness (QED) is 0.101. The molecule has 0 spiro atoms. The number of carbonyl (C=O) groups is 7. The number of amides is 7. The van der Waals surface area contributed by atoms with Gasteiger partial charge in [0.15, 0.2) is 0 Å². The number of nitrogens with one attached hydrogen (secondary N) is 4. The van der Waals surface area contributed by atoms with Crippen molar-refractivity contribution < 1.29 is 47.4 Å². The van der Waals surface area contributed by atoms with Crippen LogP contribution in [0.5, 0.6) is 0 Å². The monoisotopic (exact) mass is 1100 g/mol. The summed E-state index contributed by atoms with van der Waals surface area (Å²) in [6, 6.07) is 22.4. The number of aryl methyl sites for hydroxylation is 1. The molecule has 1 aliphatic carbocycles. The molecule has 2 aliphatic heterocycles. The number of alkyl carbamates (subject to hydrolysis) is 2. The van der Waals surface area contributed by atoms with Crippen molar-refractivity contribution in [3.63, 3.8) is 0 Å². The summed E-state index contributed by atoms with van der Waals surface area (Å²) in [5.74, 6) is -2.77. The zero-order valence-corrected chi connectivity index (χ0v) is 48.8. The molecule has 4 aromatic carbocycles. The molecule has 1 fully saturated rings. The van der Waals surface area contributed by atoms with Crippen molar-refractivity contribution in [1.29, 1.82) is 0 Å². The van der Waals surface area contributed by atoms with Crippen LogP contribution in [0.2, 0.25) is 0 Å². The van der Waals surface area contributed by atoms with E-state index >= 15 is 9.18 Å². The van der Waals surface area contributed by atoms with Crippen molar-refractivity contribution in [3.8, 4) is 0 Å². The van der Waals surface area contributed by atoms with E-state index in [0.717, 1.165) is 41.5 Å². The third kappa shape index (κ3) is 14.9. The second-order valence-corrected chi connectivity index (χ2v) is 25.8. The van der Waals surface area contributed by atoms with E-state index in [1.54, 1.807) is 95.8 Å². The van der Waals surface area contributed by atoms with Gasteiger partial charge in [-0.25, -0.2) is 14.0 Å². The Morgan fingerprint density at radius 2 is 1.19 bits per heavy atom. The summed E-state index contributed by atoms with van der Waals surface area (Å²) in [5.41, 5.74) is 1.76. The molecule has 17 heteroatoms. The average molecular weight is 1100 g/mol. The third-order valence-electron chi connectivity index (χ3n) is 14.9. The summed E-state index contributed by atoms with van der Waals surface area (Å²) >= 11 is 0. The first-order valence-corrected chi connectivity index (χ1v) is 27.9. The molecule has 3 aliphatic rings. The summed E-state index contributed by atoms with van der Waals surface area (Å²) in [6.45, 7) is 23.0. The smallest absolute Gasteiger partial charge is 0.408 e. The Morgan fingerprint density at radius 1 is 0.650 bits per heavy atom. The lowest BCUT2D eigenvalue weighted by molar-refractivity contribution is -0.151. The number of ether oxygens (including phenoxy) is 2. The topological polar surface area (TPSA) is 196 Å². The Morgan fingerprint density at radius 3 is 1.76 bits per heavy atom. The van der Waals surface area contributed by atoms with Crippen LogP contribution in [0.25, 0.3) is 0 Å². The molecule has 4 aromatic rings. The second-order valence-electron chi connectivity index (χ2n) is 25.8. The molecule has 80 heavy (non-hydrogen) atoms. The lowest BCUT2D eigenvalue weighted by Gasteiger charge is -2.43. The molecule has 0 bridgehead atoms. The summed E-state index contributed by atoms with van der Waals surface area (Å²) in [5, 5.41) is 11.9. The van der Waals surface area contributed by atoms with E-state index in [1.165, 1.54) is 15.9 Å². The fourth-order valence-electron chi connectivity index (χ4n) is 10.9. The van der Waals surface area contributed by atoms with E-state index in [0.29, 0.717) is 5.56 Å². The average Bonchev–Trinajstić information content (AvgIpc) is 3.82.